The summed E-state index contributed by atoms with van der Waals surface area (Å²) in [7, 11) is 0. The number of rotatable bonds is 6. The molecule has 1 saturated heterocycles. The van der Waals surface area contributed by atoms with E-state index in [9.17, 15) is 4.79 Å². The number of amides is 1. The van der Waals surface area contributed by atoms with E-state index >= 15 is 0 Å². The van der Waals surface area contributed by atoms with Gasteiger partial charge in [0.15, 0.2) is 0 Å². The van der Waals surface area contributed by atoms with Crippen LogP contribution in [0.1, 0.15) is 37.9 Å². The second-order valence-corrected chi connectivity index (χ2v) is 6.35. The molecule has 132 valence electrons. The first-order valence-electron chi connectivity index (χ1n) is 8.78. The maximum Gasteiger partial charge on any atom is 0.251 e. The van der Waals surface area contributed by atoms with Gasteiger partial charge in [0.2, 0.25) is 0 Å². The molecule has 3 rings (SSSR count). The third-order valence-electron chi connectivity index (χ3n) is 4.51. The van der Waals surface area contributed by atoms with Gasteiger partial charge in [-0.1, -0.05) is 0 Å². The molecule has 2 aliphatic heterocycles. The van der Waals surface area contributed by atoms with Crippen molar-refractivity contribution in [2.45, 2.75) is 51.9 Å². The van der Waals surface area contributed by atoms with Crippen molar-refractivity contribution in [2.75, 3.05) is 31.6 Å². The van der Waals surface area contributed by atoms with E-state index in [1.54, 1.807) is 0 Å². The second-order valence-electron chi connectivity index (χ2n) is 6.35. The van der Waals surface area contributed by atoms with Crippen LogP contribution in [0.25, 0.3) is 0 Å². The summed E-state index contributed by atoms with van der Waals surface area (Å²) in [4.78, 5) is 14.5. The lowest BCUT2D eigenvalue weighted by Gasteiger charge is -2.30. The average molecular weight is 334 g/mol. The molecule has 0 aromatic carbocycles. The molecule has 0 bridgehead atoms. The van der Waals surface area contributed by atoms with Crippen LogP contribution in [0.5, 0.6) is 0 Å². The van der Waals surface area contributed by atoms with E-state index in [-0.39, 0.29) is 12.0 Å². The zero-order valence-corrected chi connectivity index (χ0v) is 14.5. The minimum Gasteiger partial charge on any atom is -0.376 e. The maximum atomic E-state index is 12.6. The van der Waals surface area contributed by atoms with Crippen molar-refractivity contribution >= 4 is 11.7 Å². The third kappa shape index (κ3) is 4.02. The first-order valence-corrected chi connectivity index (χ1v) is 8.78. The SMILES string of the molecule is CCNc1cc2c(nn1)CCN(C(=O)[C@H](C)OC[C@@H]1CCCO1)C2. The van der Waals surface area contributed by atoms with Crippen molar-refractivity contribution in [1.29, 1.82) is 0 Å². The molecule has 2 atom stereocenters. The Kier molecular flexibility index (Phi) is 5.63. The van der Waals surface area contributed by atoms with Crippen molar-refractivity contribution in [1.82, 2.24) is 15.1 Å². The molecule has 2 aliphatic rings. The van der Waals surface area contributed by atoms with E-state index in [4.69, 9.17) is 9.47 Å². The van der Waals surface area contributed by atoms with Crippen LogP contribution in [0.2, 0.25) is 0 Å². The van der Waals surface area contributed by atoms with Crippen molar-refractivity contribution < 1.29 is 14.3 Å². The Morgan fingerprint density at radius 1 is 1.54 bits per heavy atom. The van der Waals surface area contributed by atoms with E-state index in [0.29, 0.717) is 19.7 Å². The molecule has 0 radical (unpaired) electrons. The van der Waals surface area contributed by atoms with Crippen molar-refractivity contribution in [3.05, 3.63) is 17.3 Å². The number of anilines is 1. The minimum absolute atomic E-state index is 0.0282. The largest absolute Gasteiger partial charge is 0.376 e. The summed E-state index contributed by atoms with van der Waals surface area (Å²) in [5, 5.41) is 11.6. The predicted octanol–water partition coefficient (Wildman–Crippen LogP) is 1.38. The van der Waals surface area contributed by atoms with E-state index in [1.165, 1.54) is 0 Å². The first-order chi connectivity index (χ1) is 11.7. The summed E-state index contributed by atoms with van der Waals surface area (Å²) < 4.78 is 11.3. The molecule has 7 heteroatoms. The fourth-order valence-corrected chi connectivity index (χ4v) is 3.14. The van der Waals surface area contributed by atoms with E-state index in [2.05, 4.69) is 15.5 Å². The van der Waals surface area contributed by atoms with E-state index < -0.39 is 6.10 Å². The number of hydrogen-bond donors (Lipinski definition) is 1. The number of nitrogens with zero attached hydrogens (tertiary/aromatic N) is 3. The van der Waals surface area contributed by atoms with Crippen LogP contribution in [0.3, 0.4) is 0 Å². The van der Waals surface area contributed by atoms with Gasteiger partial charge in [0.05, 0.1) is 18.4 Å². The molecule has 3 heterocycles. The number of carbonyl (C=O) groups is 1. The second kappa shape index (κ2) is 7.90. The van der Waals surface area contributed by atoms with Gasteiger partial charge in [0.25, 0.3) is 5.91 Å². The molecule has 1 fully saturated rings. The van der Waals surface area contributed by atoms with Gasteiger partial charge in [-0.25, -0.2) is 0 Å². The Balaban J connectivity index is 1.56. The van der Waals surface area contributed by atoms with Crippen LogP contribution in [-0.2, 0) is 27.2 Å². The number of carbonyl (C=O) groups excluding carboxylic acids is 1. The lowest BCUT2D eigenvalue weighted by atomic mass is 10.1. The summed E-state index contributed by atoms with van der Waals surface area (Å²) in [6.07, 6.45) is 2.52. The van der Waals surface area contributed by atoms with Gasteiger partial charge in [-0.05, 0) is 38.3 Å². The molecule has 0 saturated carbocycles. The number of aromatic nitrogens is 2. The molecule has 1 N–H and O–H groups in total. The topological polar surface area (TPSA) is 76.6 Å². The smallest absolute Gasteiger partial charge is 0.251 e. The summed E-state index contributed by atoms with van der Waals surface area (Å²) in [6, 6.07) is 1.99. The highest BCUT2D eigenvalue weighted by Crippen LogP contribution is 2.20. The summed E-state index contributed by atoms with van der Waals surface area (Å²) in [6.45, 7) is 7.15. The Morgan fingerprint density at radius 3 is 3.17 bits per heavy atom. The molecule has 1 amide bonds. The highest BCUT2D eigenvalue weighted by Gasteiger charge is 2.27. The Labute approximate surface area is 142 Å². The van der Waals surface area contributed by atoms with Crippen LogP contribution >= 0.6 is 0 Å². The Morgan fingerprint density at radius 2 is 2.42 bits per heavy atom. The van der Waals surface area contributed by atoms with Crippen LogP contribution < -0.4 is 5.32 Å². The van der Waals surface area contributed by atoms with Crippen LogP contribution in [0.4, 0.5) is 5.82 Å². The van der Waals surface area contributed by atoms with Crippen molar-refractivity contribution in [2.24, 2.45) is 0 Å². The number of nitrogens with one attached hydrogen (secondary N) is 1. The number of ether oxygens (including phenoxy) is 2. The molecule has 7 nitrogen and oxygen atoms in total. The molecule has 0 spiro atoms. The molecular formula is C17H26N4O3. The van der Waals surface area contributed by atoms with Gasteiger partial charge >= 0.3 is 0 Å². The quantitative estimate of drug-likeness (QED) is 0.847. The standard InChI is InChI=1S/C17H26N4O3/c1-3-18-16-9-13-10-21(7-6-15(13)19-20-16)17(22)12(2)24-11-14-5-4-8-23-14/h9,12,14H,3-8,10-11H2,1-2H3,(H,18,20)/t12-,14-/m0/s1. The zero-order valence-electron chi connectivity index (χ0n) is 14.5. The van der Waals surface area contributed by atoms with Gasteiger partial charge < -0.3 is 19.7 Å². The van der Waals surface area contributed by atoms with Gasteiger partial charge in [0, 0.05) is 32.7 Å². The summed E-state index contributed by atoms with van der Waals surface area (Å²) >= 11 is 0. The molecule has 24 heavy (non-hydrogen) atoms. The first kappa shape index (κ1) is 17.1. The third-order valence-corrected chi connectivity index (χ3v) is 4.51. The van der Waals surface area contributed by atoms with Gasteiger partial charge in [-0.3, -0.25) is 4.79 Å². The molecule has 1 aromatic heterocycles. The predicted molar refractivity (Wildman–Crippen MR) is 89.7 cm³/mol. The zero-order chi connectivity index (χ0) is 16.9. The lowest BCUT2D eigenvalue weighted by molar-refractivity contribution is -0.145. The Bertz CT molecular complexity index is 575. The molecular weight excluding hydrogens is 308 g/mol. The van der Waals surface area contributed by atoms with E-state index in [1.807, 2.05) is 24.8 Å². The van der Waals surface area contributed by atoms with Gasteiger partial charge in [-0.15, -0.1) is 5.10 Å². The van der Waals surface area contributed by atoms with Gasteiger partial charge in [0.1, 0.15) is 11.9 Å². The fraction of sp³-hybridized carbons (Fsp3) is 0.706. The Hall–Kier alpha value is -1.73. The monoisotopic (exact) mass is 334 g/mol. The highest BCUT2D eigenvalue weighted by molar-refractivity contribution is 5.80. The highest BCUT2D eigenvalue weighted by atomic mass is 16.5. The molecule has 0 unspecified atom stereocenters. The van der Waals surface area contributed by atoms with Crippen molar-refractivity contribution in [3.8, 4) is 0 Å². The van der Waals surface area contributed by atoms with E-state index in [0.717, 1.165) is 49.5 Å². The molecule has 1 aromatic rings. The van der Waals surface area contributed by atoms with Gasteiger partial charge in [-0.2, -0.15) is 5.10 Å². The normalized spacial score (nSPS) is 21.4. The van der Waals surface area contributed by atoms with Crippen LogP contribution in [0.15, 0.2) is 6.07 Å². The summed E-state index contributed by atoms with van der Waals surface area (Å²) in [5.74, 6) is 0.786. The minimum atomic E-state index is -0.446. The summed E-state index contributed by atoms with van der Waals surface area (Å²) in [5.41, 5.74) is 2.04. The molecule has 0 aliphatic carbocycles. The average Bonchev–Trinajstić information content (AvgIpc) is 3.12. The maximum absolute atomic E-state index is 12.6. The van der Waals surface area contributed by atoms with Crippen LogP contribution in [-0.4, -0.2) is 59.5 Å². The lowest BCUT2D eigenvalue weighted by Crippen LogP contribution is -2.43. The number of hydrogen-bond acceptors (Lipinski definition) is 6. The van der Waals surface area contributed by atoms with Crippen molar-refractivity contribution in [3.63, 3.8) is 0 Å². The number of fused-ring (bicyclic) bond motifs is 1. The fourth-order valence-electron chi connectivity index (χ4n) is 3.14. The van der Waals surface area contributed by atoms with Crippen LogP contribution in [0, 0.1) is 0 Å².